The van der Waals surface area contributed by atoms with E-state index in [-0.39, 0.29) is 17.0 Å². The predicted octanol–water partition coefficient (Wildman–Crippen LogP) is 0.742. The minimum absolute atomic E-state index is 0.00145. The lowest BCUT2D eigenvalue weighted by Crippen LogP contribution is -2.37. The fourth-order valence-corrected chi connectivity index (χ4v) is 1.66. The zero-order valence-corrected chi connectivity index (χ0v) is 9.79. The molecule has 2 N–H and O–H groups in total. The molecule has 1 aliphatic heterocycles. The predicted molar refractivity (Wildman–Crippen MR) is 58.7 cm³/mol. The summed E-state index contributed by atoms with van der Waals surface area (Å²) in [5, 5.41) is 20.1. The second-order valence-electron chi connectivity index (χ2n) is 3.60. The number of hydrogen-bond donors (Lipinski definition) is 2. The lowest BCUT2D eigenvalue weighted by molar-refractivity contribution is 0.0381. The Hall–Kier alpha value is -0.690. The van der Waals surface area contributed by atoms with E-state index < -0.39 is 5.60 Å². The van der Waals surface area contributed by atoms with Gasteiger partial charge in [-0.15, -0.1) is 10.2 Å². The number of rotatable bonds is 3. The van der Waals surface area contributed by atoms with E-state index >= 15 is 0 Å². The Morgan fingerprint density at radius 2 is 2.25 bits per heavy atom. The van der Waals surface area contributed by atoms with E-state index in [1.54, 1.807) is 0 Å². The third-order valence-corrected chi connectivity index (χ3v) is 2.70. The van der Waals surface area contributed by atoms with Crippen LogP contribution >= 0.6 is 23.2 Å². The van der Waals surface area contributed by atoms with Crippen molar-refractivity contribution in [3.63, 3.8) is 0 Å². The van der Waals surface area contributed by atoms with Crippen LogP contribution in [0.4, 0.5) is 5.82 Å². The van der Waals surface area contributed by atoms with Gasteiger partial charge in [-0.2, -0.15) is 4.98 Å². The SMILES string of the molecule is OC1(CNc2nc(Cl)nnc2Cl)CCOC1. The van der Waals surface area contributed by atoms with Crippen LogP contribution in [0.1, 0.15) is 6.42 Å². The van der Waals surface area contributed by atoms with Crippen molar-refractivity contribution in [3.8, 4) is 0 Å². The van der Waals surface area contributed by atoms with Crippen molar-refractivity contribution in [2.75, 3.05) is 25.1 Å². The highest BCUT2D eigenvalue weighted by Crippen LogP contribution is 2.21. The van der Waals surface area contributed by atoms with Crippen LogP contribution in [-0.2, 0) is 4.74 Å². The third kappa shape index (κ3) is 2.70. The number of halogens is 2. The summed E-state index contributed by atoms with van der Waals surface area (Å²) in [4.78, 5) is 3.86. The number of aliphatic hydroxyl groups is 1. The summed E-state index contributed by atoms with van der Waals surface area (Å²) >= 11 is 11.3. The Morgan fingerprint density at radius 3 is 2.94 bits per heavy atom. The van der Waals surface area contributed by atoms with E-state index in [9.17, 15) is 5.11 Å². The van der Waals surface area contributed by atoms with E-state index in [2.05, 4.69) is 20.5 Å². The van der Waals surface area contributed by atoms with Gasteiger partial charge < -0.3 is 15.2 Å². The molecule has 0 aromatic carbocycles. The number of nitrogens with one attached hydrogen (secondary N) is 1. The van der Waals surface area contributed by atoms with Crippen LogP contribution in [0.2, 0.25) is 10.4 Å². The maximum Gasteiger partial charge on any atom is 0.245 e. The van der Waals surface area contributed by atoms with E-state index in [0.29, 0.717) is 25.5 Å². The Bertz CT molecular complexity index is 384. The highest BCUT2D eigenvalue weighted by molar-refractivity contribution is 6.32. The third-order valence-electron chi connectivity index (χ3n) is 2.29. The van der Waals surface area contributed by atoms with Crippen LogP contribution < -0.4 is 5.32 Å². The summed E-state index contributed by atoms with van der Waals surface area (Å²) in [7, 11) is 0. The van der Waals surface area contributed by atoms with Gasteiger partial charge in [-0.05, 0) is 11.6 Å². The van der Waals surface area contributed by atoms with Crippen LogP contribution in [-0.4, -0.2) is 45.6 Å². The average Bonchev–Trinajstić information content (AvgIpc) is 2.67. The van der Waals surface area contributed by atoms with E-state index in [1.807, 2.05) is 0 Å². The van der Waals surface area contributed by atoms with Gasteiger partial charge in [-0.1, -0.05) is 11.6 Å². The van der Waals surface area contributed by atoms with Gasteiger partial charge in [0.25, 0.3) is 0 Å². The number of nitrogens with zero attached hydrogens (tertiary/aromatic N) is 3. The van der Waals surface area contributed by atoms with Gasteiger partial charge in [0.05, 0.1) is 6.61 Å². The van der Waals surface area contributed by atoms with Crippen LogP contribution in [0.25, 0.3) is 0 Å². The van der Waals surface area contributed by atoms with Gasteiger partial charge in [0, 0.05) is 19.6 Å². The summed E-state index contributed by atoms with van der Waals surface area (Å²) in [5.41, 5.74) is -0.888. The monoisotopic (exact) mass is 264 g/mol. The molecular formula is C8H10Cl2N4O2. The van der Waals surface area contributed by atoms with Crippen molar-refractivity contribution < 1.29 is 9.84 Å². The van der Waals surface area contributed by atoms with Crippen molar-refractivity contribution in [1.82, 2.24) is 15.2 Å². The van der Waals surface area contributed by atoms with Gasteiger partial charge in [0.2, 0.25) is 5.28 Å². The molecule has 8 heteroatoms. The number of anilines is 1. The first-order chi connectivity index (χ1) is 7.59. The van der Waals surface area contributed by atoms with E-state index in [1.165, 1.54) is 0 Å². The van der Waals surface area contributed by atoms with Gasteiger partial charge in [-0.3, -0.25) is 0 Å². The molecule has 2 heterocycles. The van der Waals surface area contributed by atoms with Crippen LogP contribution in [0, 0.1) is 0 Å². The molecule has 1 aromatic heterocycles. The van der Waals surface area contributed by atoms with Gasteiger partial charge in [0.1, 0.15) is 5.60 Å². The molecular weight excluding hydrogens is 255 g/mol. The average molecular weight is 265 g/mol. The molecule has 16 heavy (non-hydrogen) atoms. The highest BCUT2D eigenvalue weighted by atomic mass is 35.5. The number of hydrogen-bond acceptors (Lipinski definition) is 6. The molecule has 1 aliphatic rings. The molecule has 1 aromatic rings. The summed E-state index contributed by atoms with van der Waals surface area (Å²) in [6.07, 6.45) is 0.573. The Morgan fingerprint density at radius 1 is 1.44 bits per heavy atom. The van der Waals surface area contributed by atoms with Crippen molar-refractivity contribution in [3.05, 3.63) is 10.4 Å². The van der Waals surface area contributed by atoms with Crippen LogP contribution in [0.3, 0.4) is 0 Å². The standard InChI is InChI=1S/C8H10Cl2N4O2/c9-5-6(12-7(10)14-13-5)11-3-8(15)1-2-16-4-8/h15H,1-4H2,(H,11,12,14). The first-order valence-electron chi connectivity index (χ1n) is 4.69. The second kappa shape index (κ2) is 4.67. The van der Waals surface area contributed by atoms with Crippen molar-refractivity contribution in [2.24, 2.45) is 0 Å². The molecule has 0 amide bonds. The van der Waals surface area contributed by atoms with Crippen LogP contribution in [0.15, 0.2) is 0 Å². The Labute approximate surface area is 102 Å². The molecule has 88 valence electrons. The van der Waals surface area contributed by atoms with Gasteiger partial charge >= 0.3 is 0 Å². The lowest BCUT2D eigenvalue weighted by atomic mass is 10.0. The van der Waals surface area contributed by atoms with E-state index in [4.69, 9.17) is 27.9 Å². The molecule has 0 aliphatic carbocycles. The van der Waals surface area contributed by atoms with E-state index in [0.717, 1.165) is 0 Å². The molecule has 0 radical (unpaired) electrons. The smallest absolute Gasteiger partial charge is 0.245 e. The lowest BCUT2D eigenvalue weighted by Gasteiger charge is -2.20. The van der Waals surface area contributed by atoms with Gasteiger partial charge in [-0.25, -0.2) is 0 Å². The summed E-state index contributed by atoms with van der Waals surface area (Å²) < 4.78 is 5.11. The minimum atomic E-state index is -0.888. The summed E-state index contributed by atoms with van der Waals surface area (Å²) in [6, 6.07) is 0. The molecule has 1 unspecified atom stereocenters. The molecule has 0 spiro atoms. The zero-order valence-electron chi connectivity index (χ0n) is 8.28. The first-order valence-corrected chi connectivity index (χ1v) is 5.44. The minimum Gasteiger partial charge on any atom is -0.386 e. The second-order valence-corrected chi connectivity index (χ2v) is 4.30. The Kier molecular flexibility index (Phi) is 3.44. The number of ether oxygens (including phenoxy) is 1. The van der Waals surface area contributed by atoms with Crippen molar-refractivity contribution >= 4 is 29.0 Å². The van der Waals surface area contributed by atoms with Crippen molar-refractivity contribution in [1.29, 1.82) is 0 Å². The summed E-state index contributed by atoms with van der Waals surface area (Å²) in [5.74, 6) is 0.307. The molecule has 1 fully saturated rings. The fraction of sp³-hybridized carbons (Fsp3) is 0.625. The normalized spacial score (nSPS) is 24.7. The van der Waals surface area contributed by atoms with Gasteiger partial charge in [0.15, 0.2) is 11.0 Å². The molecule has 2 rings (SSSR count). The summed E-state index contributed by atoms with van der Waals surface area (Å²) in [6.45, 7) is 1.13. The molecule has 1 atom stereocenters. The zero-order chi connectivity index (χ0) is 11.6. The fourth-order valence-electron chi connectivity index (χ4n) is 1.39. The molecule has 0 saturated carbocycles. The maximum absolute atomic E-state index is 9.99. The molecule has 0 bridgehead atoms. The first kappa shape index (κ1) is 11.8. The highest BCUT2D eigenvalue weighted by Gasteiger charge is 2.32. The quantitative estimate of drug-likeness (QED) is 0.839. The number of aromatic nitrogens is 3. The topological polar surface area (TPSA) is 80.2 Å². The largest absolute Gasteiger partial charge is 0.386 e. The van der Waals surface area contributed by atoms with Crippen LogP contribution in [0.5, 0.6) is 0 Å². The molecule has 1 saturated heterocycles. The maximum atomic E-state index is 9.99. The molecule has 6 nitrogen and oxygen atoms in total. The van der Waals surface area contributed by atoms with Crippen molar-refractivity contribution in [2.45, 2.75) is 12.0 Å². The Balaban J connectivity index is 2.01.